The summed E-state index contributed by atoms with van der Waals surface area (Å²) in [4.78, 5) is 14.0. The van der Waals surface area contributed by atoms with E-state index in [1.54, 1.807) is 35.4 Å². The highest BCUT2D eigenvalue weighted by Crippen LogP contribution is 2.45. The number of hydrogen-bond acceptors (Lipinski definition) is 7. The van der Waals surface area contributed by atoms with Crippen LogP contribution in [0.25, 0.3) is 28.0 Å². The molecule has 0 spiro atoms. The van der Waals surface area contributed by atoms with Crippen molar-refractivity contribution in [3.8, 4) is 17.1 Å². The average Bonchev–Trinajstić information content (AvgIpc) is 3.36. The fourth-order valence-corrected chi connectivity index (χ4v) is 7.22. The third-order valence-corrected chi connectivity index (χ3v) is 14.8. The van der Waals surface area contributed by atoms with Crippen LogP contribution in [0.4, 0.5) is 4.39 Å². The van der Waals surface area contributed by atoms with Crippen molar-refractivity contribution in [2.75, 3.05) is 0 Å². The van der Waals surface area contributed by atoms with E-state index in [4.69, 9.17) is 9.41 Å². The van der Waals surface area contributed by atoms with Crippen molar-refractivity contribution in [3.63, 3.8) is 0 Å². The van der Waals surface area contributed by atoms with Gasteiger partial charge in [-0.05, 0) is 75.9 Å². The lowest BCUT2D eigenvalue weighted by Crippen LogP contribution is -2.51. The van der Waals surface area contributed by atoms with E-state index in [1.807, 2.05) is 45.0 Å². The first kappa shape index (κ1) is 31.7. The SMILES string of the molecule is CC(C)(C)[S@@+]([O-])NC(c1cncc(-c2ccc3cnn(-c4cccc(CF)n4)c3c2)n1)[C@H]1C[C@@H](O[Si](C)(C)C(C)(C)C)C1. The number of alkyl halides is 1. The summed E-state index contributed by atoms with van der Waals surface area (Å²) >= 11 is -1.29. The summed E-state index contributed by atoms with van der Waals surface area (Å²) in [5, 5.41) is 5.59. The maximum absolute atomic E-state index is 13.3. The Morgan fingerprint density at radius 3 is 2.49 bits per heavy atom. The van der Waals surface area contributed by atoms with Gasteiger partial charge in [0.2, 0.25) is 0 Å². The van der Waals surface area contributed by atoms with E-state index in [-0.39, 0.29) is 23.1 Å². The second-order valence-electron chi connectivity index (χ2n) is 14.0. The van der Waals surface area contributed by atoms with Crippen LogP contribution >= 0.6 is 0 Å². The lowest BCUT2D eigenvalue weighted by atomic mass is 9.76. The Bertz CT molecular complexity index is 1580. The summed E-state index contributed by atoms with van der Waals surface area (Å²) < 4.78 is 38.0. The lowest BCUT2D eigenvalue weighted by molar-refractivity contribution is 0.0365. The Balaban J connectivity index is 1.44. The Morgan fingerprint density at radius 1 is 1.07 bits per heavy atom. The maximum atomic E-state index is 13.3. The lowest BCUT2D eigenvalue weighted by Gasteiger charge is -2.46. The Morgan fingerprint density at radius 2 is 1.81 bits per heavy atom. The van der Waals surface area contributed by atoms with E-state index in [1.165, 1.54) is 0 Å². The van der Waals surface area contributed by atoms with Gasteiger partial charge in [-0.2, -0.15) is 5.10 Å². The minimum absolute atomic E-state index is 0.145. The molecule has 3 heterocycles. The number of benzene rings is 1. The molecule has 3 aromatic heterocycles. The summed E-state index contributed by atoms with van der Waals surface area (Å²) in [6, 6.07) is 11.0. The third-order valence-electron chi connectivity index (χ3n) is 8.64. The zero-order valence-electron chi connectivity index (χ0n) is 26.4. The number of fused-ring (bicyclic) bond motifs is 1. The molecule has 230 valence electrons. The van der Waals surface area contributed by atoms with Crippen LogP contribution in [-0.2, 0) is 22.5 Å². The van der Waals surface area contributed by atoms with Gasteiger partial charge in [0.1, 0.15) is 11.4 Å². The van der Waals surface area contributed by atoms with E-state index >= 15 is 0 Å². The van der Waals surface area contributed by atoms with Crippen LogP contribution in [0.2, 0.25) is 18.1 Å². The predicted octanol–water partition coefficient (Wildman–Crippen LogP) is 7.24. The number of pyridine rings is 1. The third kappa shape index (κ3) is 6.86. The molecule has 1 unspecified atom stereocenters. The van der Waals surface area contributed by atoms with Crippen molar-refractivity contribution in [1.82, 2.24) is 29.5 Å². The van der Waals surface area contributed by atoms with Gasteiger partial charge in [-0.3, -0.25) is 4.98 Å². The van der Waals surface area contributed by atoms with E-state index < -0.39 is 31.1 Å². The zero-order valence-corrected chi connectivity index (χ0v) is 28.2. The molecule has 1 N–H and O–H groups in total. The zero-order chi connectivity index (χ0) is 31.2. The van der Waals surface area contributed by atoms with Gasteiger partial charge in [0, 0.05) is 28.4 Å². The van der Waals surface area contributed by atoms with Gasteiger partial charge in [-0.25, -0.2) is 19.0 Å². The fraction of sp³-hybridized carbons (Fsp3) is 0.500. The average molecular weight is 623 g/mol. The topological polar surface area (TPSA) is 101 Å². The molecule has 2 atom stereocenters. The second kappa shape index (κ2) is 12.0. The smallest absolute Gasteiger partial charge is 0.192 e. The van der Waals surface area contributed by atoms with Crippen LogP contribution < -0.4 is 4.72 Å². The van der Waals surface area contributed by atoms with Crippen molar-refractivity contribution in [2.24, 2.45) is 5.92 Å². The molecule has 8 nitrogen and oxygen atoms in total. The van der Waals surface area contributed by atoms with Crippen LogP contribution in [0.1, 0.15) is 71.8 Å². The molecule has 1 fully saturated rings. The summed E-state index contributed by atoms with van der Waals surface area (Å²) in [5.74, 6) is 0.777. The van der Waals surface area contributed by atoms with Crippen LogP contribution in [0.5, 0.6) is 0 Å². The Kier molecular flexibility index (Phi) is 8.85. The quantitative estimate of drug-likeness (QED) is 0.155. The predicted molar refractivity (Wildman–Crippen MR) is 173 cm³/mol. The molecule has 1 saturated carbocycles. The van der Waals surface area contributed by atoms with Gasteiger partial charge in [-0.1, -0.05) is 39.0 Å². The molecule has 0 bridgehead atoms. The van der Waals surface area contributed by atoms with Crippen LogP contribution in [0, 0.1) is 5.92 Å². The van der Waals surface area contributed by atoms with E-state index in [0.717, 1.165) is 35.0 Å². The van der Waals surface area contributed by atoms with Crippen molar-refractivity contribution in [2.45, 2.75) is 96.1 Å². The summed E-state index contributed by atoms with van der Waals surface area (Å²) in [6.45, 7) is 16.6. The fourth-order valence-electron chi connectivity index (χ4n) is 4.95. The second-order valence-corrected chi connectivity index (χ2v) is 20.7. The van der Waals surface area contributed by atoms with Gasteiger partial charge in [0.15, 0.2) is 14.1 Å². The number of nitrogens with zero attached hydrogens (tertiary/aromatic N) is 5. The molecule has 1 aliphatic rings. The number of hydrogen-bond donors (Lipinski definition) is 1. The molecule has 5 rings (SSSR count). The molecule has 0 radical (unpaired) electrons. The molecule has 1 aromatic carbocycles. The highest BCUT2D eigenvalue weighted by Gasteiger charge is 2.46. The number of rotatable bonds is 9. The van der Waals surface area contributed by atoms with Crippen molar-refractivity contribution >= 4 is 30.6 Å². The molecule has 0 amide bonds. The van der Waals surface area contributed by atoms with E-state index in [0.29, 0.717) is 17.2 Å². The van der Waals surface area contributed by atoms with E-state index in [2.05, 4.69) is 53.7 Å². The Hall–Kier alpha value is -2.70. The van der Waals surface area contributed by atoms with Gasteiger partial charge >= 0.3 is 0 Å². The van der Waals surface area contributed by atoms with E-state index in [9.17, 15) is 8.94 Å². The summed E-state index contributed by atoms with van der Waals surface area (Å²) in [7, 11) is -1.89. The highest BCUT2D eigenvalue weighted by molar-refractivity contribution is 7.90. The first-order chi connectivity index (χ1) is 20.2. The number of halogens is 1. The first-order valence-corrected chi connectivity index (χ1v) is 18.9. The highest BCUT2D eigenvalue weighted by atomic mass is 32.2. The number of aromatic nitrogens is 5. The van der Waals surface area contributed by atoms with Crippen LogP contribution in [-0.4, -0.2) is 48.5 Å². The van der Waals surface area contributed by atoms with Gasteiger partial charge in [0.05, 0.1) is 47.2 Å². The molecule has 0 aliphatic heterocycles. The van der Waals surface area contributed by atoms with Gasteiger partial charge in [-0.15, -0.1) is 4.72 Å². The summed E-state index contributed by atoms with van der Waals surface area (Å²) in [5.41, 5.74) is 3.53. The largest absolute Gasteiger partial charge is 0.598 e. The van der Waals surface area contributed by atoms with Gasteiger partial charge in [0.25, 0.3) is 0 Å². The molecule has 11 heteroatoms. The molecule has 0 saturated heterocycles. The van der Waals surface area contributed by atoms with Gasteiger partial charge < -0.3 is 8.98 Å². The molecule has 43 heavy (non-hydrogen) atoms. The van der Waals surface area contributed by atoms with Crippen molar-refractivity contribution < 1.29 is 13.4 Å². The molecule has 4 aromatic rings. The van der Waals surface area contributed by atoms with Crippen LogP contribution in [0.3, 0.4) is 0 Å². The Labute approximate surface area is 258 Å². The van der Waals surface area contributed by atoms with Crippen molar-refractivity contribution in [3.05, 3.63) is 66.4 Å². The monoisotopic (exact) mass is 622 g/mol. The maximum Gasteiger partial charge on any atom is 0.192 e. The standard InChI is InChI=1S/C32H43FN6O2SSi/c1-31(2,3)42(40)38-30(23-14-25(15-23)41-43(7,8)32(4,5)6)27-20-34-19-26(37-27)21-12-13-22-18-35-39(28(22)16-21)29-11-9-10-24(17-33)36-29/h9-13,16,18-20,23,25,30,38H,14-15,17H2,1-8H3/t23-,25+,30?,42-/m1/s1. The number of nitrogens with one attached hydrogen (secondary N) is 1. The first-order valence-electron chi connectivity index (χ1n) is 14.8. The summed E-state index contributed by atoms with van der Waals surface area (Å²) in [6.07, 6.45) is 7.25. The molecule has 1 aliphatic carbocycles. The normalized spacial score (nSPS) is 19.3. The van der Waals surface area contributed by atoms with Crippen molar-refractivity contribution in [1.29, 1.82) is 0 Å². The minimum Gasteiger partial charge on any atom is -0.598 e. The van der Waals surface area contributed by atoms with Crippen LogP contribution in [0.15, 0.2) is 55.0 Å². The minimum atomic E-state index is -1.89. The molecular formula is C32H43FN6O2SSi. The molecular weight excluding hydrogens is 580 g/mol.